The molecule has 1 heteroatoms. The molecule has 0 heterocycles. The molecule has 212 valence electrons. The lowest BCUT2D eigenvalue weighted by Crippen LogP contribution is -2.30. The van der Waals surface area contributed by atoms with E-state index in [9.17, 15) is 4.79 Å². The van der Waals surface area contributed by atoms with E-state index >= 15 is 0 Å². The minimum atomic E-state index is -0.291. The van der Waals surface area contributed by atoms with Crippen LogP contribution in [0, 0.1) is 0 Å². The Morgan fingerprint density at radius 2 is 0.756 bits per heavy atom. The molecule has 0 radical (unpaired) electrons. The fourth-order valence-corrected chi connectivity index (χ4v) is 7.59. The number of carbonyl (C=O) groups excluding carboxylic acids is 1. The second-order valence-corrected chi connectivity index (χ2v) is 12.9. The van der Waals surface area contributed by atoms with Crippen molar-refractivity contribution >= 4 is 48.9 Å². The molecule has 0 N–H and O–H groups in total. The smallest absolute Gasteiger partial charge is 0.193 e. The van der Waals surface area contributed by atoms with E-state index in [0.717, 1.165) is 44.5 Å². The summed E-state index contributed by atoms with van der Waals surface area (Å²) in [5.74, 6) is 0.0987. The van der Waals surface area contributed by atoms with E-state index in [-0.39, 0.29) is 11.2 Å². The molecule has 8 aromatic rings. The van der Waals surface area contributed by atoms with Crippen LogP contribution in [0.25, 0.3) is 65.3 Å². The van der Waals surface area contributed by atoms with E-state index in [1.165, 1.54) is 43.1 Å². The Morgan fingerprint density at radius 1 is 0.378 bits per heavy atom. The standard InChI is InChI=1S/C44H30O/c1-44(2)41-21-17-31(29-15-19-37-33(23-29)13-11-27-7-3-5-9-35(27)37)25-39(41)43(45)40-26-32(18-22-42(40)44)30-16-20-38-34(24-30)14-12-28-8-4-6-10-36(28)38/h3-26H,1-2H3. The molecule has 1 aliphatic rings. The fraction of sp³-hybridized carbons (Fsp3) is 0.0682. The monoisotopic (exact) mass is 574 g/mol. The molecular formula is C44H30O. The number of fused-ring (bicyclic) bond motifs is 8. The molecule has 0 bridgehead atoms. The third-order valence-electron chi connectivity index (χ3n) is 10.0. The molecular weight excluding hydrogens is 544 g/mol. The highest BCUT2D eigenvalue weighted by Crippen LogP contribution is 2.44. The van der Waals surface area contributed by atoms with Crippen LogP contribution in [0.5, 0.6) is 0 Å². The van der Waals surface area contributed by atoms with Gasteiger partial charge in [0, 0.05) is 16.5 Å². The normalized spacial score (nSPS) is 13.8. The van der Waals surface area contributed by atoms with Crippen LogP contribution in [-0.4, -0.2) is 5.78 Å². The van der Waals surface area contributed by atoms with Crippen LogP contribution in [0.3, 0.4) is 0 Å². The van der Waals surface area contributed by atoms with Crippen LogP contribution in [-0.2, 0) is 5.41 Å². The second kappa shape index (κ2) is 9.48. The number of carbonyl (C=O) groups is 1. The van der Waals surface area contributed by atoms with Crippen molar-refractivity contribution in [3.63, 3.8) is 0 Å². The molecule has 0 fully saturated rings. The van der Waals surface area contributed by atoms with E-state index in [0.29, 0.717) is 0 Å². The minimum absolute atomic E-state index is 0.0987. The van der Waals surface area contributed by atoms with Gasteiger partial charge < -0.3 is 0 Å². The first-order valence-corrected chi connectivity index (χ1v) is 15.6. The van der Waals surface area contributed by atoms with Gasteiger partial charge in [-0.1, -0.05) is 135 Å². The maximum absolute atomic E-state index is 14.3. The average Bonchev–Trinajstić information content (AvgIpc) is 3.09. The highest BCUT2D eigenvalue weighted by Gasteiger charge is 2.37. The molecule has 0 unspecified atom stereocenters. The SMILES string of the molecule is CC1(C)c2ccc(-c3ccc4c(ccc5ccccc54)c3)cc2C(=O)c2cc(-c3ccc4c(ccc5ccccc54)c3)ccc21. The molecule has 0 spiro atoms. The summed E-state index contributed by atoms with van der Waals surface area (Å²) < 4.78 is 0. The lowest BCUT2D eigenvalue weighted by atomic mass is 9.67. The summed E-state index contributed by atoms with van der Waals surface area (Å²) in [4.78, 5) is 14.3. The van der Waals surface area contributed by atoms with E-state index < -0.39 is 0 Å². The van der Waals surface area contributed by atoms with Gasteiger partial charge in [0.15, 0.2) is 5.78 Å². The predicted octanol–water partition coefficient (Wildman–Crippen LogP) is 11.5. The van der Waals surface area contributed by atoms with Crippen LogP contribution in [0.4, 0.5) is 0 Å². The zero-order valence-corrected chi connectivity index (χ0v) is 25.3. The van der Waals surface area contributed by atoms with Gasteiger partial charge in [-0.3, -0.25) is 4.79 Å². The maximum atomic E-state index is 14.3. The third-order valence-corrected chi connectivity index (χ3v) is 10.0. The minimum Gasteiger partial charge on any atom is -0.289 e. The first-order chi connectivity index (χ1) is 22.0. The van der Waals surface area contributed by atoms with Crippen molar-refractivity contribution in [3.8, 4) is 22.3 Å². The van der Waals surface area contributed by atoms with Crippen molar-refractivity contribution in [3.05, 3.63) is 168 Å². The first kappa shape index (κ1) is 25.9. The Labute approximate surface area is 262 Å². The maximum Gasteiger partial charge on any atom is 0.193 e. The van der Waals surface area contributed by atoms with Gasteiger partial charge in [-0.15, -0.1) is 0 Å². The quantitative estimate of drug-likeness (QED) is 0.188. The van der Waals surface area contributed by atoms with E-state index in [4.69, 9.17) is 0 Å². The summed E-state index contributed by atoms with van der Waals surface area (Å²) in [5, 5.41) is 9.91. The first-order valence-electron chi connectivity index (χ1n) is 15.6. The third kappa shape index (κ3) is 3.90. The van der Waals surface area contributed by atoms with Gasteiger partial charge in [-0.25, -0.2) is 0 Å². The molecule has 1 nitrogen and oxygen atoms in total. The zero-order chi connectivity index (χ0) is 30.3. The van der Waals surface area contributed by atoms with E-state index in [1.54, 1.807) is 0 Å². The summed E-state index contributed by atoms with van der Waals surface area (Å²) in [5.41, 5.74) is 7.84. The summed E-state index contributed by atoms with van der Waals surface area (Å²) in [7, 11) is 0. The molecule has 9 rings (SSSR count). The summed E-state index contributed by atoms with van der Waals surface area (Å²) in [6.45, 7) is 4.47. The van der Waals surface area contributed by atoms with Crippen LogP contribution < -0.4 is 0 Å². The topological polar surface area (TPSA) is 17.1 Å². The second-order valence-electron chi connectivity index (χ2n) is 12.9. The molecule has 45 heavy (non-hydrogen) atoms. The van der Waals surface area contributed by atoms with Crippen molar-refractivity contribution in [2.45, 2.75) is 19.3 Å². The van der Waals surface area contributed by atoms with Crippen LogP contribution in [0.1, 0.15) is 40.9 Å². The Morgan fingerprint density at radius 3 is 1.24 bits per heavy atom. The van der Waals surface area contributed by atoms with Gasteiger partial charge >= 0.3 is 0 Å². The largest absolute Gasteiger partial charge is 0.289 e. The number of hydrogen-bond donors (Lipinski definition) is 0. The Hall–Kier alpha value is -5.53. The molecule has 0 amide bonds. The van der Waals surface area contributed by atoms with Crippen molar-refractivity contribution in [1.29, 1.82) is 0 Å². The number of rotatable bonds is 2. The van der Waals surface area contributed by atoms with Crippen LogP contribution in [0.15, 0.2) is 146 Å². The van der Waals surface area contributed by atoms with Gasteiger partial charge in [-0.2, -0.15) is 0 Å². The number of ketones is 1. The predicted molar refractivity (Wildman–Crippen MR) is 189 cm³/mol. The Bertz CT molecular complexity index is 2360. The Kier molecular flexibility index (Phi) is 5.46. The van der Waals surface area contributed by atoms with Gasteiger partial charge in [0.25, 0.3) is 0 Å². The van der Waals surface area contributed by atoms with Crippen molar-refractivity contribution in [2.24, 2.45) is 0 Å². The zero-order valence-electron chi connectivity index (χ0n) is 25.3. The van der Waals surface area contributed by atoms with Crippen LogP contribution >= 0.6 is 0 Å². The van der Waals surface area contributed by atoms with Crippen molar-refractivity contribution in [1.82, 2.24) is 0 Å². The van der Waals surface area contributed by atoms with Gasteiger partial charge in [0.2, 0.25) is 0 Å². The molecule has 8 aromatic carbocycles. The number of benzene rings is 8. The highest BCUT2D eigenvalue weighted by atomic mass is 16.1. The summed E-state index contributed by atoms with van der Waals surface area (Å²) in [6, 6.07) is 52.0. The van der Waals surface area contributed by atoms with Gasteiger partial charge in [-0.05, 0) is 101 Å². The fourth-order valence-electron chi connectivity index (χ4n) is 7.59. The van der Waals surface area contributed by atoms with Crippen LogP contribution in [0.2, 0.25) is 0 Å². The highest BCUT2D eigenvalue weighted by molar-refractivity contribution is 6.15. The number of hydrogen-bond acceptors (Lipinski definition) is 1. The van der Waals surface area contributed by atoms with Crippen molar-refractivity contribution in [2.75, 3.05) is 0 Å². The molecule has 0 saturated carbocycles. The lowest BCUT2D eigenvalue weighted by Gasteiger charge is -2.35. The molecule has 0 aromatic heterocycles. The lowest BCUT2D eigenvalue weighted by molar-refractivity contribution is 0.103. The van der Waals surface area contributed by atoms with Gasteiger partial charge in [0.1, 0.15) is 0 Å². The summed E-state index contributed by atoms with van der Waals surface area (Å²) in [6.07, 6.45) is 0. The van der Waals surface area contributed by atoms with E-state index in [1.807, 2.05) is 0 Å². The molecule has 0 atom stereocenters. The molecule has 0 saturated heterocycles. The Balaban J connectivity index is 1.13. The molecule has 0 aliphatic heterocycles. The van der Waals surface area contributed by atoms with E-state index in [2.05, 4.69) is 159 Å². The molecule has 1 aliphatic carbocycles. The average molecular weight is 575 g/mol. The van der Waals surface area contributed by atoms with Gasteiger partial charge in [0.05, 0.1) is 0 Å². The summed E-state index contributed by atoms with van der Waals surface area (Å²) >= 11 is 0. The van der Waals surface area contributed by atoms with Crippen molar-refractivity contribution < 1.29 is 4.79 Å².